The summed E-state index contributed by atoms with van der Waals surface area (Å²) < 4.78 is 14.9. The second kappa shape index (κ2) is 10.4. The van der Waals surface area contributed by atoms with E-state index in [2.05, 4.69) is 24.1 Å². The zero-order valence-corrected chi connectivity index (χ0v) is 19.6. The third-order valence-electron chi connectivity index (χ3n) is 6.73. The minimum absolute atomic E-state index is 0.105. The molecule has 0 bridgehead atoms. The highest BCUT2D eigenvalue weighted by Gasteiger charge is 2.24. The Kier molecular flexibility index (Phi) is 7.33. The number of likely N-dealkylation sites (tertiary alicyclic amines) is 1. The highest BCUT2D eigenvalue weighted by Crippen LogP contribution is 2.29. The highest BCUT2D eigenvalue weighted by atomic mass is 19.1. The summed E-state index contributed by atoms with van der Waals surface area (Å²) in [4.78, 5) is 15.3. The molecule has 4 rings (SSSR count). The van der Waals surface area contributed by atoms with E-state index in [-0.39, 0.29) is 17.6 Å². The van der Waals surface area contributed by atoms with E-state index in [0.717, 1.165) is 30.5 Å². The Morgan fingerprint density at radius 1 is 1.18 bits per heavy atom. The molecule has 0 spiro atoms. The maximum atomic E-state index is 13.2. The maximum Gasteiger partial charge on any atom is 0.251 e. The van der Waals surface area contributed by atoms with E-state index in [1.54, 1.807) is 28.8 Å². The van der Waals surface area contributed by atoms with Crippen LogP contribution in [0.25, 0.3) is 10.8 Å². The van der Waals surface area contributed by atoms with Crippen LogP contribution in [-0.4, -0.2) is 46.2 Å². The van der Waals surface area contributed by atoms with Gasteiger partial charge in [-0.05, 0) is 61.6 Å². The molecule has 1 fully saturated rings. The number of aromatic nitrogens is 1. The normalized spacial score (nSPS) is 17.0. The van der Waals surface area contributed by atoms with E-state index in [9.17, 15) is 14.3 Å². The van der Waals surface area contributed by atoms with E-state index in [1.807, 2.05) is 12.3 Å². The van der Waals surface area contributed by atoms with E-state index < -0.39 is 0 Å². The number of halogens is 1. The summed E-state index contributed by atoms with van der Waals surface area (Å²) >= 11 is 0. The van der Waals surface area contributed by atoms with Gasteiger partial charge in [0.05, 0.1) is 6.54 Å². The van der Waals surface area contributed by atoms with Crippen LogP contribution in [0.1, 0.15) is 55.5 Å². The van der Waals surface area contributed by atoms with Crippen molar-refractivity contribution < 1.29 is 14.3 Å². The van der Waals surface area contributed by atoms with Gasteiger partial charge in [-0.1, -0.05) is 38.5 Å². The zero-order valence-electron chi connectivity index (χ0n) is 19.6. The third-order valence-corrected chi connectivity index (χ3v) is 6.73. The SMILES string of the molecule is CC(C)C1CCCCN1CCCNC(=O)c1ccc2cn(Cc3ccc(F)cc3)c(O)c2c1. The number of piperidine rings is 1. The van der Waals surface area contributed by atoms with Crippen molar-refractivity contribution in [1.29, 1.82) is 0 Å². The molecule has 176 valence electrons. The minimum atomic E-state index is -0.285. The van der Waals surface area contributed by atoms with Gasteiger partial charge in [0, 0.05) is 41.7 Å². The molecule has 2 heterocycles. The first-order chi connectivity index (χ1) is 15.9. The first kappa shape index (κ1) is 23.3. The molecule has 1 saturated heterocycles. The summed E-state index contributed by atoms with van der Waals surface area (Å²) in [5.74, 6) is 0.358. The third kappa shape index (κ3) is 5.56. The van der Waals surface area contributed by atoms with Gasteiger partial charge < -0.3 is 19.9 Å². The van der Waals surface area contributed by atoms with Crippen LogP contribution < -0.4 is 5.32 Å². The Bertz CT molecular complexity index is 1090. The smallest absolute Gasteiger partial charge is 0.251 e. The molecule has 1 aliphatic rings. The van der Waals surface area contributed by atoms with Crippen LogP contribution >= 0.6 is 0 Å². The number of hydrogen-bond donors (Lipinski definition) is 2. The summed E-state index contributed by atoms with van der Waals surface area (Å²) in [6.07, 6.45) is 6.63. The summed E-state index contributed by atoms with van der Waals surface area (Å²) in [5.41, 5.74) is 1.42. The lowest BCUT2D eigenvalue weighted by Crippen LogP contribution is -2.43. The molecule has 1 amide bonds. The maximum absolute atomic E-state index is 13.2. The minimum Gasteiger partial charge on any atom is -0.494 e. The fourth-order valence-corrected chi connectivity index (χ4v) is 4.93. The lowest BCUT2D eigenvalue weighted by atomic mass is 9.92. The van der Waals surface area contributed by atoms with E-state index in [4.69, 9.17) is 0 Å². The lowest BCUT2D eigenvalue weighted by Gasteiger charge is -2.38. The van der Waals surface area contributed by atoms with Crippen molar-refractivity contribution >= 4 is 16.7 Å². The molecule has 1 aromatic heterocycles. The number of amides is 1. The highest BCUT2D eigenvalue weighted by molar-refractivity contribution is 6.00. The molecular formula is C27H34FN3O2. The van der Waals surface area contributed by atoms with Gasteiger partial charge >= 0.3 is 0 Å². The number of nitrogens with zero attached hydrogens (tertiary/aromatic N) is 2. The molecule has 33 heavy (non-hydrogen) atoms. The van der Waals surface area contributed by atoms with E-state index >= 15 is 0 Å². The van der Waals surface area contributed by atoms with Crippen molar-refractivity contribution in [3.63, 3.8) is 0 Å². The van der Waals surface area contributed by atoms with Gasteiger partial charge in [-0.2, -0.15) is 0 Å². The van der Waals surface area contributed by atoms with Crippen molar-refractivity contribution in [2.45, 2.75) is 52.1 Å². The lowest BCUT2D eigenvalue weighted by molar-refractivity contribution is 0.0937. The summed E-state index contributed by atoms with van der Waals surface area (Å²) in [7, 11) is 0. The fraction of sp³-hybridized carbons (Fsp3) is 0.444. The molecule has 1 atom stereocenters. The summed E-state index contributed by atoms with van der Waals surface area (Å²) in [5, 5.41) is 15.2. The Morgan fingerprint density at radius 2 is 1.97 bits per heavy atom. The van der Waals surface area contributed by atoms with Crippen molar-refractivity contribution in [3.8, 4) is 5.88 Å². The zero-order chi connectivity index (χ0) is 23.4. The Morgan fingerprint density at radius 3 is 2.73 bits per heavy atom. The average molecular weight is 452 g/mol. The first-order valence-corrected chi connectivity index (χ1v) is 12.0. The van der Waals surface area contributed by atoms with Crippen LogP contribution in [0.3, 0.4) is 0 Å². The molecule has 6 heteroatoms. The molecule has 0 radical (unpaired) electrons. The number of aromatic hydroxyl groups is 1. The molecule has 0 saturated carbocycles. The number of carbonyl (C=O) groups is 1. The number of nitrogens with one attached hydrogen (secondary N) is 1. The number of carbonyl (C=O) groups excluding carboxylic acids is 1. The summed E-state index contributed by atoms with van der Waals surface area (Å²) in [6, 6.07) is 12.3. The monoisotopic (exact) mass is 451 g/mol. The molecule has 1 unspecified atom stereocenters. The number of hydrogen-bond acceptors (Lipinski definition) is 3. The van der Waals surface area contributed by atoms with Crippen LogP contribution in [-0.2, 0) is 6.54 Å². The van der Waals surface area contributed by atoms with Gasteiger partial charge in [0.2, 0.25) is 0 Å². The molecule has 2 aromatic carbocycles. The topological polar surface area (TPSA) is 57.5 Å². The molecule has 2 N–H and O–H groups in total. The fourth-order valence-electron chi connectivity index (χ4n) is 4.93. The van der Waals surface area contributed by atoms with Crippen LogP contribution in [0.2, 0.25) is 0 Å². The predicted octanol–water partition coefficient (Wildman–Crippen LogP) is 5.16. The largest absolute Gasteiger partial charge is 0.494 e. The number of fused-ring (bicyclic) bond motifs is 1. The van der Waals surface area contributed by atoms with E-state index in [0.29, 0.717) is 36.0 Å². The first-order valence-electron chi connectivity index (χ1n) is 12.0. The van der Waals surface area contributed by atoms with Crippen molar-refractivity contribution in [2.24, 2.45) is 5.92 Å². The Hall–Kier alpha value is -2.86. The van der Waals surface area contributed by atoms with Gasteiger partial charge in [-0.3, -0.25) is 4.79 Å². The molecule has 5 nitrogen and oxygen atoms in total. The molecule has 3 aromatic rings. The van der Waals surface area contributed by atoms with Crippen molar-refractivity contribution in [1.82, 2.24) is 14.8 Å². The Labute approximate surface area is 195 Å². The van der Waals surface area contributed by atoms with E-state index in [1.165, 1.54) is 31.4 Å². The van der Waals surface area contributed by atoms with Crippen LogP contribution in [0, 0.1) is 11.7 Å². The second-order valence-corrected chi connectivity index (χ2v) is 9.46. The van der Waals surface area contributed by atoms with Gasteiger partial charge in [0.25, 0.3) is 5.91 Å². The molecule has 0 aliphatic carbocycles. The standard InChI is InChI=1S/C27H34FN3O2/c1-19(2)25-6-3-4-14-30(25)15-5-13-29-26(32)21-9-10-22-18-31(27(33)24(22)16-21)17-20-7-11-23(28)12-8-20/h7-12,16,18-19,25,33H,3-6,13-15,17H2,1-2H3,(H,29,32). The van der Waals surface area contributed by atoms with Crippen LogP contribution in [0.4, 0.5) is 4.39 Å². The van der Waals surface area contributed by atoms with Crippen molar-refractivity contribution in [2.75, 3.05) is 19.6 Å². The average Bonchev–Trinajstić information content (AvgIpc) is 3.12. The summed E-state index contributed by atoms with van der Waals surface area (Å²) in [6.45, 7) is 7.81. The molecule has 1 aliphatic heterocycles. The van der Waals surface area contributed by atoms with Gasteiger partial charge in [-0.25, -0.2) is 4.39 Å². The van der Waals surface area contributed by atoms with Gasteiger partial charge in [0.15, 0.2) is 5.88 Å². The second-order valence-electron chi connectivity index (χ2n) is 9.46. The Balaban J connectivity index is 1.35. The number of rotatable bonds is 8. The van der Waals surface area contributed by atoms with Crippen LogP contribution in [0.15, 0.2) is 48.7 Å². The molecular weight excluding hydrogens is 417 g/mol. The van der Waals surface area contributed by atoms with Gasteiger partial charge in [-0.15, -0.1) is 0 Å². The quantitative estimate of drug-likeness (QED) is 0.465. The van der Waals surface area contributed by atoms with Crippen molar-refractivity contribution in [3.05, 3.63) is 65.6 Å². The predicted molar refractivity (Wildman–Crippen MR) is 130 cm³/mol. The number of benzene rings is 2. The van der Waals surface area contributed by atoms with Gasteiger partial charge in [0.1, 0.15) is 5.82 Å². The van der Waals surface area contributed by atoms with Crippen LogP contribution in [0.5, 0.6) is 5.88 Å².